The third-order valence-electron chi connectivity index (χ3n) is 7.26. The number of benzene rings is 1. The number of carbonyl (C=O) groups is 3. The van der Waals surface area contributed by atoms with E-state index in [2.05, 4.69) is 10.1 Å². The Hall–Kier alpha value is -3.51. The highest BCUT2D eigenvalue weighted by atomic mass is 35.5. The van der Waals surface area contributed by atoms with Crippen molar-refractivity contribution < 1.29 is 37.1 Å². The molecule has 1 fully saturated rings. The SMILES string of the molecule is C[C@]1(C(=O)O)CC[C@H](n2ncc(C(=O)N(CC(=O)c3c(Cl)cncc3Cl)Cc3ccc(F)cc3)c2C(F)(F)F)CC1. The number of alkyl halides is 3. The summed E-state index contributed by atoms with van der Waals surface area (Å²) in [7, 11) is 0. The number of carboxylic acid groups (broad SMARTS) is 1. The molecule has 14 heteroatoms. The van der Waals surface area contributed by atoms with Gasteiger partial charge in [0.1, 0.15) is 5.82 Å². The molecule has 0 atom stereocenters. The molecule has 218 valence electrons. The number of amides is 1. The summed E-state index contributed by atoms with van der Waals surface area (Å²) in [6.07, 6.45) is -1.40. The fourth-order valence-electron chi connectivity index (χ4n) is 4.89. The van der Waals surface area contributed by atoms with Crippen molar-refractivity contribution in [3.63, 3.8) is 0 Å². The van der Waals surface area contributed by atoms with Gasteiger partial charge in [-0.3, -0.25) is 24.0 Å². The molecule has 0 saturated heterocycles. The number of pyridine rings is 1. The maximum atomic E-state index is 14.4. The first-order valence-electron chi connectivity index (χ1n) is 12.5. The molecule has 0 spiro atoms. The van der Waals surface area contributed by atoms with Crippen LogP contribution in [0.5, 0.6) is 0 Å². The van der Waals surface area contributed by atoms with Gasteiger partial charge in [0.15, 0.2) is 11.5 Å². The molecule has 0 unspecified atom stereocenters. The van der Waals surface area contributed by atoms with E-state index in [1.54, 1.807) is 6.92 Å². The lowest BCUT2D eigenvalue weighted by atomic mass is 9.74. The van der Waals surface area contributed by atoms with Crippen molar-refractivity contribution >= 4 is 40.9 Å². The molecular weight excluding hydrogens is 591 g/mol. The van der Waals surface area contributed by atoms with Gasteiger partial charge >= 0.3 is 12.1 Å². The number of halogens is 6. The minimum absolute atomic E-state index is 0.105. The van der Waals surface area contributed by atoms with Gasteiger partial charge in [0.25, 0.3) is 5.91 Å². The average molecular weight is 615 g/mol. The van der Waals surface area contributed by atoms with Crippen LogP contribution in [0.3, 0.4) is 0 Å². The molecule has 1 N–H and O–H groups in total. The van der Waals surface area contributed by atoms with Crippen LogP contribution < -0.4 is 0 Å². The van der Waals surface area contributed by atoms with Crippen molar-refractivity contribution in [3.8, 4) is 0 Å². The van der Waals surface area contributed by atoms with E-state index in [-0.39, 0.29) is 47.8 Å². The number of nitrogens with zero attached hydrogens (tertiary/aromatic N) is 4. The highest BCUT2D eigenvalue weighted by Gasteiger charge is 2.45. The van der Waals surface area contributed by atoms with E-state index >= 15 is 0 Å². The molecule has 1 aliphatic carbocycles. The summed E-state index contributed by atoms with van der Waals surface area (Å²) in [6.45, 7) is 0.497. The zero-order chi connectivity index (χ0) is 30.1. The van der Waals surface area contributed by atoms with E-state index < -0.39 is 58.9 Å². The Labute approximate surface area is 241 Å². The smallest absolute Gasteiger partial charge is 0.433 e. The minimum atomic E-state index is -5.00. The summed E-state index contributed by atoms with van der Waals surface area (Å²) < 4.78 is 57.5. The lowest BCUT2D eigenvalue weighted by Gasteiger charge is -2.34. The largest absolute Gasteiger partial charge is 0.481 e. The zero-order valence-electron chi connectivity index (χ0n) is 21.6. The van der Waals surface area contributed by atoms with E-state index in [4.69, 9.17) is 23.2 Å². The molecule has 41 heavy (non-hydrogen) atoms. The first kappa shape index (κ1) is 30.4. The van der Waals surface area contributed by atoms with Gasteiger partial charge < -0.3 is 10.0 Å². The summed E-state index contributed by atoms with van der Waals surface area (Å²) in [5.41, 5.74) is -2.96. The van der Waals surface area contributed by atoms with Crippen molar-refractivity contribution in [1.82, 2.24) is 19.7 Å². The van der Waals surface area contributed by atoms with Gasteiger partial charge in [-0.1, -0.05) is 35.3 Å². The average Bonchev–Trinajstić information content (AvgIpc) is 3.35. The molecule has 1 aromatic carbocycles. The molecule has 1 aliphatic rings. The maximum Gasteiger partial charge on any atom is 0.433 e. The number of aliphatic carboxylic acids is 1. The van der Waals surface area contributed by atoms with Gasteiger partial charge in [-0.2, -0.15) is 18.3 Å². The van der Waals surface area contributed by atoms with E-state index in [9.17, 15) is 37.1 Å². The third-order valence-corrected chi connectivity index (χ3v) is 7.83. The number of ketones is 1. The van der Waals surface area contributed by atoms with Crippen LogP contribution in [0.2, 0.25) is 10.0 Å². The summed E-state index contributed by atoms with van der Waals surface area (Å²) >= 11 is 12.2. The number of Topliss-reactive ketones (excluding diaryl/α,β-unsaturated/α-hetero) is 1. The molecule has 1 amide bonds. The number of hydrogen-bond donors (Lipinski definition) is 1. The molecule has 4 rings (SSSR count). The summed E-state index contributed by atoms with van der Waals surface area (Å²) in [4.78, 5) is 43.1. The highest BCUT2D eigenvalue weighted by molar-refractivity contribution is 6.39. The maximum absolute atomic E-state index is 14.4. The van der Waals surface area contributed by atoms with Crippen LogP contribution in [0.1, 0.15) is 70.6 Å². The topological polar surface area (TPSA) is 105 Å². The van der Waals surface area contributed by atoms with Gasteiger partial charge in [0.05, 0.1) is 45.4 Å². The monoisotopic (exact) mass is 614 g/mol. The number of aromatic nitrogens is 3. The number of hydrogen-bond acceptors (Lipinski definition) is 5. The molecule has 0 radical (unpaired) electrons. The van der Waals surface area contributed by atoms with Gasteiger partial charge in [-0.05, 0) is 50.3 Å². The van der Waals surface area contributed by atoms with Crippen molar-refractivity contribution in [2.24, 2.45) is 5.41 Å². The lowest BCUT2D eigenvalue weighted by molar-refractivity contribution is -0.152. The van der Waals surface area contributed by atoms with Crippen LogP contribution in [-0.2, 0) is 17.5 Å². The predicted molar refractivity (Wildman–Crippen MR) is 140 cm³/mol. The molecule has 0 aliphatic heterocycles. The van der Waals surface area contributed by atoms with Crippen molar-refractivity contribution in [2.45, 2.75) is 51.4 Å². The van der Waals surface area contributed by atoms with Crippen LogP contribution in [0, 0.1) is 11.2 Å². The fourth-order valence-corrected chi connectivity index (χ4v) is 5.46. The van der Waals surface area contributed by atoms with Crippen LogP contribution in [0.4, 0.5) is 17.6 Å². The Morgan fingerprint density at radius 2 is 1.66 bits per heavy atom. The predicted octanol–water partition coefficient (Wildman–Crippen LogP) is 6.47. The Kier molecular flexibility index (Phi) is 8.74. The second-order valence-electron chi connectivity index (χ2n) is 10.1. The second kappa shape index (κ2) is 11.8. The molecule has 1 saturated carbocycles. The Bertz CT molecular complexity index is 1450. The molecular formula is C27H24Cl2F4N4O4. The Morgan fingerprint density at radius 1 is 1.07 bits per heavy atom. The van der Waals surface area contributed by atoms with E-state index in [0.717, 1.165) is 40.3 Å². The summed E-state index contributed by atoms with van der Waals surface area (Å²) in [5, 5.41) is 13.2. The molecule has 2 heterocycles. The molecule has 3 aromatic rings. The van der Waals surface area contributed by atoms with E-state index in [0.29, 0.717) is 5.56 Å². The first-order chi connectivity index (χ1) is 19.2. The fraction of sp³-hybridized carbons (Fsp3) is 0.370. The van der Waals surface area contributed by atoms with Gasteiger partial charge in [0, 0.05) is 18.9 Å². The number of carboxylic acids is 1. The quantitative estimate of drug-likeness (QED) is 0.230. The number of rotatable bonds is 8. The standard InChI is InChI=1S/C27H24Cl2F4N4O4/c1-26(25(40)41)8-6-17(7-9-26)37-23(27(31,32)33)18(10-35-37)24(39)36(13-15-2-4-16(30)5-3-15)14-21(38)22-19(28)11-34-12-20(22)29/h2-5,10-12,17H,6-9,13-14H2,1H3,(H,40,41)/t17-,26-. The van der Waals surface area contributed by atoms with E-state index in [1.807, 2.05) is 0 Å². The van der Waals surface area contributed by atoms with Gasteiger partial charge in [-0.15, -0.1) is 0 Å². The van der Waals surface area contributed by atoms with Crippen LogP contribution in [-0.4, -0.2) is 49.0 Å². The zero-order valence-corrected chi connectivity index (χ0v) is 23.1. The van der Waals surface area contributed by atoms with Crippen molar-refractivity contribution in [3.05, 3.63) is 81.1 Å². The van der Waals surface area contributed by atoms with Crippen LogP contribution in [0.15, 0.2) is 42.9 Å². The first-order valence-corrected chi connectivity index (χ1v) is 13.2. The summed E-state index contributed by atoms with van der Waals surface area (Å²) in [5.74, 6) is -3.49. The van der Waals surface area contributed by atoms with Crippen LogP contribution >= 0.6 is 23.2 Å². The van der Waals surface area contributed by atoms with Crippen molar-refractivity contribution in [2.75, 3.05) is 6.54 Å². The summed E-state index contributed by atoms with van der Waals surface area (Å²) in [6, 6.07) is 4.11. The molecule has 2 aromatic heterocycles. The Morgan fingerprint density at radius 3 is 2.20 bits per heavy atom. The second-order valence-corrected chi connectivity index (χ2v) is 10.9. The Balaban J connectivity index is 1.71. The molecule has 8 nitrogen and oxygen atoms in total. The van der Waals surface area contributed by atoms with E-state index in [1.165, 1.54) is 12.1 Å². The normalized spacial score (nSPS) is 19.1. The number of carbonyl (C=O) groups excluding carboxylic acids is 2. The van der Waals surface area contributed by atoms with Gasteiger partial charge in [-0.25, -0.2) is 4.39 Å². The minimum Gasteiger partial charge on any atom is -0.481 e. The van der Waals surface area contributed by atoms with Crippen molar-refractivity contribution in [1.29, 1.82) is 0 Å². The van der Waals surface area contributed by atoms with Crippen LogP contribution in [0.25, 0.3) is 0 Å². The lowest BCUT2D eigenvalue weighted by Crippen LogP contribution is -2.37. The molecule has 0 bridgehead atoms. The third kappa shape index (κ3) is 6.54. The highest BCUT2D eigenvalue weighted by Crippen LogP contribution is 2.43. The van der Waals surface area contributed by atoms with Gasteiger partial charge in [0.2, 0.25) is 0 Å².